The van der Waals surface area contributed by atoms with E-state index in [9.17, 15) is 17.6 Å². The maximum atomic E-state index is 12.6. The normalized spacial score (nSPS) is 15.6. The Hall–Kier alpha value is -1.22. The summed E-state index contributed by atoms with van der Waals surface area (Å²) in [5, 5.41) is 3.49. The van der Waals surface area contributed by atoms with Gasteiger partial charge < -0.3 is 15.0 Å². The third-order valence-corrected chi connectivity index (χ3v) is 2.87. The number of rotatable bonds is 8. The third kappa shape index (κ3) is 4.41. The molecule has 0 saturated carbocycles. The van der Waals surface area contributed by atoms with Crippen LogP contribution in [0.2, 0.25) is 0 Å². The van der Waals surface area contributed by atoms with Crippen molar-refractivity contribution in [2.75, 3.05) is 6.61 Å². The molecule has 0 bridgehead atoms. The summed E-state index contributed by atoms with van der Waals surface area (Å²) in [6.07, 6.45) is -2.97. The summed E-state index contributed by atoms with van der Waals surface area (Å²) in [7, 11) is 0. The first kappa shape index (κ1) is 16.8. The van der Waals surface area contributed by atoms with Gasteiger partial charge in [-0.25, -0.2) is 8.78 Å². The van der Waals surface area contributed by atoms with Crippen LogP contribution in [-0.4, -0.2) is 29.1 Å². The first-order valence-electron chi connectivity index (χ1n) is 6.09. The zero-order valence-electron chi connectivity index (χ0n) is 11.2. The van der Waals surface area contributed by atoms with E-state index >= 15 is 0 Å². The molecule has 0 radical (unpaired) electrons. The molecule has 0 aliphatic heterocycles. The zero-order valence-corrected chi connectivity index (χ0v) is 11.2. The van der Waals surface area contributed by atoms with Crippen molar-refractivity contribution in [3.8, 4) is 0 Å². The van der Waals surface area contributed by atoms with Gasteiger partial charge in [0.15, 0.2) is 5.82 Å². The maximum absolute atomic E-state index is 12.6. The highest BCUT2D eigenvalue weighted by atomic mass is 19.3. The molecular formula is C11H17F4N3O2. The second-order valence-electron chi connectivity index (χ2n) is 4.51. The molecule has 0 aliphatic carbocycles. The number of hydrogen-bond acceptors (Lipinski definition) is 5. The van der Waals surface area contributed by atoms with Crippen LogP contribution in [0.5, 0.6) is 0 Å². The quantitative estimate of drug-likeness (QED) is 0.747. The van der Waals surface area contributed by atoms with Crippen molar-refractivity contribution in [3.63, 3.8) is 0 Å². The van der Waals surface area contributed by atoms with E-state index in [0.29, 0.717) is 0 Å². The molecule has 20 heavy (non-hydrogen) atoms. The lowest BCUT2D eigenvalue weighted by Gasteiger charge is -2.14. The van der Waals surface area contributed by atoms with E-state index in [2.05, 4.69) is 14.9 Å². The molecule has 5 nitrogen and oxygen atoms in total. The number of alkyl halides is 4. The van der Waals surface area contributed by atoms with E-state index in [1.807, 2.05) is 13.8 Å². The zero-order chi connectivity index (χ0) is 15.3. The van der Waals surface area contributed by atoms with Crippen LogP contribution >= 0.6 is 0 Å². The van der Waals surface area contributed by atoms with Gasteiger partial charge in [-0.2, -0.15) is 13.8 Å². The molecular weight excluding hydrogens is 282 g/mol. The van der Waals surface area contributed by atoms with Gasteiger partial charge in [0.25, 0.3) is 0 Å². The minimum absolute atomic E-state index is 0.0104. The molecule has 0 saturated heterocycles. The Morgan fingerprint density at radius 3 is 2.60 bits per heavy atom. The predicted molar refractivity (Wildman–Crippen MR) is 61.3 cm³/mol. The Bertz CT molecular complexity index is 414. The summed E-state index contributed by atoms with van der Waals surface area (Å²) in [4.78, 5) is 3.88. The van der Waals surface area contributed by atoms with E-state index in [0.717, 1.165) is 6.42 Å². The minimum atomic E-state index is -4.19. The summed E-state index contributed by atoms with van der Waals surface area (Å²) in [6.45, 7) is 1.98. The Morgan fingerprint density at radius 1 is 1.40 bits per heavy atom. The van der Waals surface area contributed by atoms with Gasteiger partial charge in [0.1, 0.15) is 13.2 Å². The van der Waals surface area contributed by atoms with Crippen LogP contribution in [0.3, 0.4) is 0 Å². The van der Waals surface area contributed by atoms with Crippen LogP contribution < -0.4 is 5.73 Å². The van der Waals surface area contributed by atoms with E-state index in [-0.39, 0.29) is 17.6 Å². The smallest absolute Gasteiger partial charge is 0.330 e. The van der Waals surface area contributed by atoms with Crippen molar-refractivity contribution in [1.29, 1.82) is 0 Å². The van der Waals surface area contributed by atoms with E-state index in [1.165, 1.54) is 0 Å². The van der Waals surface area contributed by atoms with Gasteiger partial charge in [0.2, 0.25) is 5.89 Å². The van der Waals surface area contributed by atoms with Gasteiger partial charge in [-0.05, 0) is 5.92 Å². The van der Waals surface area contributed by atoms with E-state index < -0.39 is 31.6 Å². The molecule has 0 aromatic carbocycles. The highest BCUT2D eigenvalue weighted by molar-refractivity contribution is 4.92. The first-order valence-corrected chi connectivity index (χ1v) is 6.09. The van der Waals surface area contributed by atoms with Crippen LogP contribution in [0.4, 0.5) is 17.6 Å². The third-order valence-electron chi connectivity index (χ3n) is 2.87. The highest BCUT2D eigenvalue weighted by Crippen LogP contribution is 2.23. The molecule has 2 atom stereocenters. The second kappa shape index (κ2) is 6.98. The van der Waals surface area contributed by atoms with Crippen molar-refractivity contribution in [1.82, 2.24) is 10.1 Å². The average Bonchev–Trinajstić information content (AvgIpc) is 2.85. The molecule has 0 fully saturated rings. The molecule has 1 aromatic heterocycles. The van der Waals surface area contributed by atoms with Crippen molar-refractivity contribution in [2.24, 2.45) is 11.7 Å². The summed E-state index contributed by atoms with van der Waals surface area (Å²) in [5.74, 6) is -3.94. The fourth-order valence-electron chi connectivity index (χ4n) is 1.30. The molecule has 116 valence electrons. The van der Waals surface area contributed by atoms with Crippen LogP contribution in [0, 0.1) is 5.92 Å². The molecule has 0 amide bonds. The molecule has 1 heterocycles. The lowest BCUT2D eigenvalue weighted by Crippen LogP contribution is -2.32. The Labute approximate surface area is 113 Å². The largest absolute Gasteiger partial charge is 0.367 e. The summed E-state index contributed by atoms with van der Waals surface area (Å²) in [5.41, 5.74) is 5.84. The fourth-order valence-corrected chi connectivity index (χ4v) is 1.30. The Balaban J connectivity index is 2.49. The van der Waals surface area contributed by atoms with Crippen molar-refractivity contribution >= 4 is 0 Å². The van der Waals surface area contributed by atoms with Gasteiger partial charge in [0.05, 0.1) is 6.04 Å². The molecule has 2 N–H and O–H groups in total. The molecule has 0 unspecified atom stereocenters. The molecule has 0 spiro atoms. The van der Waals surface area contributed by atoms with Crippen LogP contribution in [-0.2, 0) is 11.3 Å². The second-order valence-corrected chi connectivity index (χ2v) is 4.51. The molecule has 9 heteroatoms. The maximum Gasteiger partial charge on any atom is 0.330 e. The van der Waals surface area contributed by atoms with Crippen LogP contribution in [0.15, 0.2) is 4.52 Å². The SMILES string of the molecule is CC[C@H](C)[C@H](N)c1nc(COCC(F)(F)C(F)F)no1. The van der Waals surface area contributed by atoms with Gasteiger partial charge >= 0.3 is 12.3 Å². The lowest BCUT2D eigenvalue weighted by molar-refractivity contribution is -0.168. The Kier molecular flexibility index (Phi) is 5.88. The van der Waals surface area contributed by atoms with Gasteiger partial charge in [0, 0.05) is 0 Å². The van der Waals surface area contributed by atoms with E-state index in [4.69, 9.17) is 10.3 Å². The average molecular weight is 299 g/mol. The minimum Gasteiger partial charge on any atom is -0.367 e. The number of halogens is 4. The summed E-state index contributed by atoms with van der Waals surface area (Å²) < 4.78 is 58.3. The first-order chi connectivity index (χ1) is 9.27. The summed E-state index contributed by atoms with van der Waals surface area (Å²) in [6, 6.07) is -0.469. The fraction of sp³-hybridized carbons (Fsp3) is 0.818. The number of aromatic nitrogens is 2. The standard InChI is InChI=1S/C11H17F4N3O2/c1-3-6(2)8(16)9-17-7(18-20-9)4-19-5-11(14,15)10(12)13/h6,8,10H,3-5,16H2,1-2H3/t6-,8-/m0/s1. The van der Waals surface area contributed by atoms with Crippen LogP contribution in [0.1, 0.15) is 38.0 Å². The topological polar surface area (TPSA) is 74.2 Å². The number of ether oxygens (including phenoxy) is 1. The molecule has 1 aromatic rings. The van der Waals surface area contributed by atoms with Gasteiger partial charge in [-0.1, -0.05) is 25.4 Å². The Morgan fingerprint density at radius 2 is 2.05 bits per heavy atom. The van der Waals surface area contributed by atoms with Gasteiger partial charge in [-0.3, -0.25) is 0 Å². The van der Waals surface area contributed by atoms with Crippen molar-refractivity contribution in [2.45, 2.75) is 45.3 Å². The molecule has 0 aliphatic rings. The lowest BCUT2D eigenvalue weighted by atomic mass is 10.0. The van der Waals surface area contributed by atoms with Crippen molar-refractivity contribution < 1.29 is 26.8 Å². The number of nitrogens with zero attached hydrogens (tertiary/aromatic N) is 2. The monoisotopic (exact) mass is 299 g/mol. The van der Waals surface area contributed by atoms with Crippen molar-refractivity contribution in [3.05, 3.63) is 11.7 Å². The summed E-state index contributed by atoms with van der Waals surface area (Å²) >= 11 is 0. The predicted octanol–water partition coefficient (Wildman–Crippen LogP) is 2.53. The molecule has 1 rings (SSSR count). The van der Waals surface area contributed by atoms with Crippen LogP contribution in [0.25, 0.3) is 0 Å². The number of nitrogens with two attached hydrogens (primary N) is 1. The van der Waals surface area contributed by atoms with E-state index in [1.54, 1.807) is 0 Å². The highest BCUT2D eigenvalue weighted by Gasteiger charge is 2.41. The number of hydrogen-bond donors (Lipinski definition) is 1. The van der Waals surface area contributed by atoms with Gasteiger partial charge in [-0.15, -0.1) is 0 Å².